The van der Waals surface area contributed by atoms with Gasteiger partial charge in [0.15, 0.2) is 0 Å². The Morgan fingerprint density at radius 3 is 3.00 bits per heavy atom. The number of rotatable bonds is 6. The van der Waals surface area contributed by atoms with Crippen LogP contribution in [0.5, 0.6) is 5.75 Å². The molecule has 1 N–H and O–H groups in total. The number of benzene rings is 1. The topological polar surface area (TPSA) is 56.2 Å². The van der Waals surface area contributed by atoms with Gasteiger partial charge in [0.25, 0.3) is 0 Å². The Hall–Kier alpha value is -1.74. The first-order valence-corrected chi connectivity index (χ1v) is 8.52. The van der Waals surface area contributed by atoms with Crippen molar-refractivity contribution in [2.24, 2.45) is 0 Å². The number of carbonyl (C=O) groups excluding carboxylic acids is 1. The average Bonchev–Trinajstić information content (AvgIpc) is 2.96. The second-order valence-electron chi connectivity index (χ2n) is 4.69. The van der Waals surface area contributed by atoms with Crippen molar-refractivity contribution in [2.45, 2.75) is 18.7 Å². The molecule has 112 valence electrons. The first-order valence-electron chi connectivity index (χ1n) is 6.81. The third-order valence-corrected chi connectivity index (χ3v) is 3.71. The molecular weight excluding hydrogens is 329 g/mol. The maximum atomic E-state index is 11.5. The molecule has 2 aromatic rings. The summed E-state index contributed by atoms with van der Waals surface area (Å²) in [4.78, 5) is 15.6. The molecule has 0 radical (unpaired) electrons. The number of imidazole rings is 1. The normalized spacial score (nSPS) is 10.4. The first kappa shape index (κ1) is 15.6. The van der Waals surface area contributed by atoms with Crippen LogP contribution in [-0.4, -0.2) is 46.0 Å². The van der Waals surface area contributed by atoms with Crippen LogP contribution in [0.25, 0.3) is 0 Å². The summed E-state index contributed by atoms with van der Waals surface area (Å²) >= 11 is 1.67. The summed E-state index contributed by atoms with van der Waals surface area (Å²) in [5.41, 5.74) is 2.72. The van der Waals surface area contributed by atoms with Gasteiger partial charge in [0, 0.05) is 7.05 Å². The molecule has 0 aliphatic rings. The summed E-state index contributed by atoms with van der Waals surface area (Å²) in [5, 5.41) is 3.62. The van der Waals surface area contributed by atoms with Crippen LogP contribution in [0.1, 0.15) is 21.6 Å². The molecule has 1 aromatic heterocycles. The molecule has 1 aromatic carbocycles. The van der Waals surface area contributed by atoms with Gasteiger partial charge in [0.1, 0.15) is 0 Å². The van der Waals surface area contributed by atoms with Gasteiger partial charge in [-0.1, -0.05) is 0 Å². The number of hydrogen-bond donors (Lipinski definition) is 1. The van der Waals surface area contributed by atoms with Gasteiger partial charge in [-0.25, -0.2) is 0 Å². The van der Waals surface area contributed by atoms with E-state index in [9.17, 15) is 4.79 Å². The van der Waals surface area contributed by atoms with Gasteiger partial charge >= 0.3 is 126 Å². The van der Waals surface area contributed by atoms with Crippen LogP contribution >= 0.6 is 0 Å². The average molecular weight is 349 g/mol. The van der Waals surface area contributed by atoms with Gasteiger partial charge in [0.05, 0.1) is 0 Å². The van der Waals surface area contributed by atoms with E-state index < -0.39 is 0 Å². The predicted molar refractivity (Wildman–Crippen MR) is 84.7 cm³/mol. The van der Waals surface area contributed by atoms with Crippen LogP contribution in [0.3, 0.4) is 0 Å². The van der Waals surface area contributed by atoms with E-state index >= 15 is 0 Å². The summed E-state index contributed by atoms with van der Waals surface area (Å²) in [6, 6.07) is 6.05. The Kier molecular flexibility index (Phi) is 5.45. The van der Waals surface area contributed by atoms with E-state index in [1.165, 1.54) is 0 Å². The monoisotopic (exact) mass is 349 g/mol. The molecule has 1 unspecified atom stereocenters. The molecule has 21 heavy (non-hydrogen) atoms. The van der Waals surface area contributed by atoms with E-state index in [0.29, 0.717) is 12.2 Å². The van der Waals surface area contributed by atoms with Gasteiger partial charge in [-0.05, 0) is 0 Å². The zero-order chi connectivity index (χ0) is 15.2. The molecule has 0 aliphatic carbocycles. The number of ether oxygens (including phenoxy) is 1. The molecule has 0 saturated carbocycles. The van der Waals surface area contributed by atoms with E-state index in [1.54, 1.807) is 36.4 Å². The zero-order valence-electron chi connectivity index (χ0n) is 12.3. The number of aromatic nitrogens is 2. The third kappa shape index (κ3) is 3.88. The van der Waals surface area contributed by atoms with Crippen LogP contribution in [-0.2, 0) is 6.54 Å². The van der Waals surface area contributed by atoms with Crippen LogP contribution < -0.4 is 10.1 Å². The van der Waals surface area contributed by atoms with Crippen molar-refractivity contribution in [1.82, 2.24) is 14.9 Å². The van der Waals surface area contributed by atoms with E-state index in [2.05, 4.69) is 23.3 Å². The molecular formula is C15H20AsN3O2. The summed E-state index contributed by atoms with van der Waals surface area (Å²) in [7, 11) is 1.60. The SMILES string of the molecule is CNC(=O)c1cn(Cc2cccc(OCC[AsH2])c2C)cn1. The molecule has 0 fully saturated rings. The Bertz CT molecular complexity index is 625. The van der Waals surface area contributed by atoms with Crippen molar-refractivity contribution < 1.29 is 9.53 Å². The van der Waals surface area contributed by atoms with Crippen molar-refractivity contribution in [1.29, 1.82) is 0 Å². The Morgan fingerprint density at radius 2 is 2.29 bits per heavy atom. The molecule has 2 rings (SSSR count). The molecule has 0 bridgehead atoms. The quantitative estimate of drug-likeness (QED) is 0.793. The van der Waals surface area contributed by atoms with E-state index in [-0.39, 0.29) is 5.91 Å². The first-order chi connectivity index (χ1) is 10.2. The van der Waals surface area contributed by atoms with Crippen molar-refractivity contribution in [2.75, 3.05) is 13.7 Å². The Labute approximate surface area is 133 Å². The van der Waals surface area contributed by atoms with Crippen molar-refractivity contribution in [3.63, 3.8) is 0 Å². The van der Waals surface area contributed by atoms with Gasteiger partial charge in [0.2, 0.25) is 0 Å². The summed E-state index contributed by atoms with van der Waals surface area (Å²) in [6.07, 6.45) is 3.42. The molecule has 6 heteroatoms. The van der Waals surface area contributed by atoms with E-state index in [0.717, 1.165) is 28.7 Å². The minimum atomic E-state index is -0.174. The molecule has 1 atom stereocenters. The summed E-state index contributed by atoms with van der Waals surface area (Å²) < 4.78 is 7.65. The maximum absolute atomic E-state index is 11.5. The second kappa shape index (κ2) is 7.32. The fraction of sp³-hybridized carbons (Fsp3) is 0.333. The van der Waals surface area contributed by atoms with Crippen LogP contribution in [0.4, 0.5) is 0 Å². The Balaban J connectivity index is 2.15. The van der Waals surface area contributed by atoms with Gasteiger partial charge in [-0.15, -0.1) is 0 Å². The van der Waals surface area contributed by atoms with Crippen molar-refractivity contribution in [3.05, 3.63) is 47.5 Å². The van der Waals surface area contributed by atoms with Gasteiger partial charge in [-0.3, -0.25) is 0 Å². The molecule has 0 aliphatic heterocycles. The van der Waals surface area contributed by atoms with Gasteiger partial charge in [-0.2, -0.15) is 0 Å². The predicted octanol–water partition coefficient (Wildman–Crippen LogP) is 1.03. The van der Waals surface area contributed by atoms with E-state index in [4.69, 9.17) is 4.74 Å². The fourth-order valence-corrected chi connectivity index (χ4v) is 2.29. The number of nitrogens with one attached hydrogen (secondary N) is 1. The van der Waals surface area contributed by atoms with Crippen LogP contribution in [0.15, 0.2) is 30.7 Å². The number of hydrogen-bond acceptors (Lipinski definition) is 3. The van der Waals surface area contributed by atoms with Crippen LogP contribution in [0.2, 0.25) is 5.21 Å². The minimum absolute atomic E-state index is 0.174. The second-order valence-corrected chi connectivity index (χ2v) is 5.90. The van der Waals surface area contributed by atoms with Crippen molar-refractivity contribution in [3.8, 4) is 5.75 Å². The molecule has 0 spiro atoms. The third-order valence-electron chi connectivity index (χ3n) is 3.22. The molecule has 1 heterocycles. The zero-order valence-corrected chi connectivity index (χ0v) is 14.7. The van der Waals surface area contributed by atoms with E-state index in [1.807, 2.05) is 16.7 Å². The molecule has 0 saturated heterocycles. The molecule has 1 amide bonds. The standard InChI is InChI=1S/C15H20AsN3O2/c1-11-12(4-3-5-14(11)21-7-6-16)8-19-9-13(18-10-19)15(20)17-2/h3-5,9-10H,6-8,16H2,1-2H3,(H,17,20). The van der Waals surface area contributed by atoms with Crippen molar-refractivity contribution >= 4 is 22.8 Å². The fourth-order valence-electron chi connectivity index (χ4n) is 2.05. The Morgan fingerprint density at radius 1 is 1.48 bits per heavy atom. The summed E-state index contributed by atoms with van der Waals surface area (Å²) in [6.45, 7) is 3.47. The number of carbonyl (C=O) groups is 1. The number of amides is 1. The van der Waals surface area contributed by atoms with Gasteiger partial charge < -0.3 is 0 Å². The summed E-state index contributed by atoms with van der Waals surface area (Å²) in [5.74, 6) is 0.754. The number of nitrogens with zero attached hydrogens (tertiary/aromatic N) is 2. The molecule has 5 nitrogen and oxygen atoms in total. The van der Waals surface area contributed by atoms with Crippen LogP contribution in [0, 0.1) is 6.92 Å².